The number of sulfonamides is 1. The van der Waals surface area contributed by atoms with E-state index >= 15 is 0 Å². The maximum absolute atomic E-state index is 10.2. The summed E-state index contributed by atoms with van der Waals surface area (Å²) in [6.07, 6.45) is 0.971. The van der Waals surface area contributed by atoms with Gasteiger partial charge in [-0.1, -0.05) is 0 Å². The van der Waals surface area contributed by atoms with E-state index in [9.17, 15) is 8.42 Å². The van der Waals surface area contributed by atoms with E-state index in [1.54, 1.807) is 0 Å². The zero-order valence-corrected chi connectivity index (χ0v) is 6.94. The maximum atomic E-state index is 10.2. The Morgan fingerprint density at radius 1 is 1.78 bits per heavy atom. The Kier molecular flexibility index (Phi) is 3.41. The number of aliphatic hydroxyl groups is 1. The second-order valence-electron chi connectivity index (χ2n) is 1.22. The molecule has 54 valence electrons. The van der Waals surface area contributed by atoms with Gasteiger partial charge in [-0.3, -0.25) is 0 Å². The first-order chi connectivity index (χ1) is 3.92. The molecule has 0 fully saturated rings. The minimum absolute atomic E-state index is 0.444. The van der Waals surface area contributed by atoms with Crippen molar-refractivity contribution in [2.75, 3.05) is 6.26 Å². The quantitative estimate of drug-likeness (QED) is 0.471. The summed E-state index contributed by atoms with van der Waals surface area (Å²) < 4.78 is 21.9. The van der Waals surface area contributed by atoms with Crippen LogP contribution in [0.3, 0.4) is 0 Å². The van der Waals surface area contributed by atoms with Crippen molar-refractivity contribution in [3.8, 4) is 0 Å². The molecule has 4 nitrogen and oxygen atoms in total. The monoisotopic (exact) mass is 187 g/mol. The normalized spacial score (nSPS) is 11.2. The summed E-state index contributed by atoms with van der Waals surface area (Å²) in [5.74, 6) is 0. The molecule has 0 radical (unpaired) electrons. The van der Waals surface area contributed by atoms with Gasteiger partial charge in [-0.2, -0.15) is 4.13 Å². The second kappa shape index (κ2) is 3.35. The molecule has 0 aliphatic carbocycles. The van der Waals surface area contributed by atoms with Gasteiger partial charge in [0, 0.05) is 11.9 Å². The van der Waals surface area contributed by atoms with Crippen LogP contribution in [0.5, 0.6) is 0 Å². The molecular formula is C2H5NO3S3. The fourth-order valence-electron chi connectivity index (χ4n) is 0.111. The molecule has 0 atom stereocenters. The standard InChI is InChI=1S/C2H5NO3S3/c1-9(5,6)3-8-2(4)7/h3H,1H3,(H,4,7). The number of nitrogens with one attached hydrogen (secondary N) is 1. The Morgan fingerprint density at radius 2 is 2.22 bits per heavy atom. The van der Waals surface area contributed by atoms with Crippen LogP contribution in [0.4, 0.5) is 0 Å². The predicted molar refractivity (Wildman–Crippen MR) is 40.8 cm³/mol. The molecule has 0 rings (SSSR count). The van der Waals surface area contributed by atoms with Gasteiger partial charge >= 0.3 is 0 Å². The summed E-state index contributed by atoms with van der Waals surface area (Å²) >= 11 is 4.64. The summed E-state index contributed by atoms with van der Waals surface area (Å²) in [5, 5.41) is 8.28. The van der Waals surface area contributed by atoms with E-state index in [4.69, 9.17) is 5.11 Å². The van der Waals surface area contributed by atoms with E-state index in [2.05, 4.69) is 12.2 Å². The van der Waals surface area contributed by atoms with Crippen LogP contribution in [0, 0.1) is 0 Å². The van der Waals surface area contributed by atoms with Crippen molar-refractivity contribution in [2.45, 2.75) is 0 Å². The van der Waals surface area contributed by atoms with Gasteiger partial charge < -0.3 is 5.11 Å². The van der Waals surface area contributed by atoms with Crippen LogP contribution in [0.25, 0.3) is 0 Å². The average molecular weight is 187 g/mol. The highest BCUT2D eigenvalue weighted by atomic mass is 32.3. The molecule has 0 bridgehead atoms. The molecule has 9 heavy (non-hydrogen) atoms. The van der Waals surface area contributed by atoms with Gasteiger partial charge in [-0.05, 0) is 12.2 Å². The molecule has 2 N–H and O–H groups in total. The lowest BCUT2D eigenvalue weighted by atomic mass is 11.7. The lowest BCUT2D eigenvalue weighted by Gasteiger charge is -1.94. The largest absolute Gasteiger partial charge is 0.493 e. The minimum Gasteiger partial charge on any atom is -0.493 e. The lowest BCUT2D eigenvalue weighted by Crippen LogP contribution is -2.15. The zero-order chi connectivity index (χ0) is 7.49. The summed E-state index contributed by atoms with van der Waals surface area (Å²) in [6, 6.07) is 0. The summed E-state index contributed by atoms with van der Waals surface area (Å²) in [4.78, 5) is 0. The predicted octanol–water partition coefficient (Wildman–Crippen LogP) is 0.0267. The smallest absolute Gasteiger partial charge is 0.233 e. The minimum atomic E-state index is -3.25. The molecule has 0 amide bonds. The summed E-state index contributed by atoms with van der Waals surface area (Å²) in [7, 11) is -3.25. The Hall–Kier alpha value is 0.150. The molecule has 0 aromatic carbocycles. The molecule has 0 aliphatic rings. The van der Waals surface area contributed by atoms with Crippen molar-refractivity contribution in [2.24, 2.45) is 0 Å². The van der Waals surface area contributed by atoms with Crippen molar-refractivity contribution in [3.05, 3.63) is 0 Å². The number of aliphatic hydroxyl groups excluding tert-OH is 1. The van der Waals surface area contributed by atoms with Gasteiger partial charge in [0.05, 0.1) is 6.26 Å². The Bertz CT molecular complexity index is 195. The molecule has 0 saturated heterocycles. The molecule has 0 aromatic rings. The third-order valence-electron chi connectivity index (χ3n) is 0.280. The van der Waals surface area contributed by atoms with Gasteiger partial charge in [0.25, 0.3) is 0 Å². The molecule has 0 aromatic heterocycles. The van der Waals surface area contributed by atoms with Crippen molar-refractivity contribution in [1.82, 2.24) is 4.13 Å². The second-order valence-corrected chi connectivity index (χ2v) is 4.67. The van der Waals surface area contributed by atoms with Gasteiger partial charge in [-0.25, -0.2) is 8.42 Å². The van der Waals surface area contributed by atoms with Gasteiger partial charge in [0.1, 0.15) is 0 Å². The van der Waals surface area contributed by atoms with E-state index in [1.165, 1.54) is 0 Å². The molecule has 0 aliphatic heterocycles. The third-order valence-corrected chi connectivity index (χ3v) is 2.25. The SMILES string of the molecule is CS(=O)(=O)NSC(O)=S. The first kappa shape index (κ1) is 9.15. The summed E-state index contributed by atoms with van der Waals surface area (Å²) in [6.45, 7) is 0. The average Bonchev–Trinajstić information content (AvgIpc) is 1.59. The number of hydrogen-bond acceptors (Lipinski definition) is 4. The Balaban J connectivity index is 3.67. The van der Waals surface area contributed by atoms with E-state index < -0.39 is 14.4 Å². The molecule has 0 saturated carbocycles. The van der Waals surface area contributed by atoms with E-state index in [-0.39, 0.29) is 0 Å². The molecule has 0 unspecified atom stereocenters. The van der Waals surface area contributed by atoms with Crippen LogP contribution >= 0.6 is 24.2 Å². The van der Waals surface area contributed by atoms with Crippen LogP contribution in [0.1, 0.15) is 0 Å². The van der Waals surface area contributed by atoms with E-state index in [1.807, 2.05) is 4.13 Å². The summed E-state index contributed by atoms with van der Waals surface area (Å²) in [5.41, 5.74) is 0. The van der Waals surface area contributed by atoms with Gasteiger partial charge in [0.15, 0.2) is 0 Å². The van der Waals surface area contributed by atoms with Crippen LogP contribution < -0.4 is 4.13 Å². The zero-order valence-electron chi connectivity index (χ0n) is 4.49. The molecule has 7 heteroatoms. The van der Waals surface area contributed by atoms with E-state index in [0.717, 1.165) is 6.26 Å². The highest BCUT2D eigenvalue weighted by molar-refractivity contribution is 8.25. The van der Waals surface area contributed by atoms with Crippen LogP contribution in [-0.4, -0.2) is 24.2 Å². The van der Waals surface area contributed by atoms with Crippen LogP contribution in [0.2, 0.25) is 0 Å². The maximum Gasteiger partial charge on any atom is 0.233 e. The lowest BCUT2D eigenvalue weighted by molar-refractivity contribution is 0.584. The highest BCUT2D eigenvalue weighted by Crippen LogP contribution is 1.95. The number of thiocarbonyl (C=S) groups is 1. The first-order valence-electron chi connectivity index (χ1n) is 1.78. The highest BCUT2D eigenvalue weighted by Gasteiger charge is 2.00. The van der Waals surface area contributed by atoms with Crippen molar-refractivity contribution < 1.29 is 13.5 Å². The fraction of sp³-hybridized carbons (Fsp3) is 0.500. The molecular weight excluding hydrogens is 182 g/mol. The Labute approximate surface area is 62.8 Å². The van der Waals surface area contributed by atoms with Crippen LogP contribution in [0.15, 0.2) is 0 Å². The van der Waals surface area contributed by atoms with Crippen LogP contribution in [-0.2, 0) is 10.0 Å². The number of hydrogen-bond donors (Lipinski definition) is 2. The Morgan fingerprint density at radius 3 is 2.33 bits per heavy atom. The first-order valence-corrected chi connectivity index (χ1v) is 4.90. The van der Waals surface area contributed by atoms with Gasteiger partial charge in [-0.15, -0.1) is 0 Å². The third kappa shape index (κ3) is 8.15. The van der Waals surface area contributed by atoms with Gasteiger partial charge in [0.2, 0.25) is 14.4 Å². The van der Waals surface area contributed by atoms with Crippen molar-refractivity contribution >= 4 is 38.6 Å². The van der Waals surface area contributed by atoms with Crippen molar-refractivity contribution in [1.29, 1.82) is 0 Å². The fourth-order valence-corrected chi connectivity index (χ4v) is 1.31. The van der Waals surface area contributed by atoms with Crippen molar-refractivity contribution in [3.63, 3.8) is 0 Å². The molecule has 0 spiro atoms. The number of rotatable bonds is 2. The molecule has 0 heterocycles. The topological polar surface area (TPSA) is 66.4 Å². The van der Waals surface area contributed by atoms with E-state index in [0.29, 0.717) is 11.9 Å².